The minimum absolute atomic E-state index is 0.366. The van der Waals surface area contributed by atoms with E-state index in [0.29, 0.717) is 12.1 Å². The van der Waals surface area contributed by atoms with Crippen molar-refractivity contribution in [2.24, 2.45) is 0 Å². The Morgan fingerprint density at radius 3 is 3.00 bits per heavy atom. The van der Waals surface area contributed by atoms with Gasteiger partial charge in [0, 0.05) is 47.3 Å². The van der Waals surface area contributed by atoms with E-state index in [1.54, 1.807) is 0 Å². The number of benzene rings is 1. The first-order valence-electron chi connectivity index (χ1n) is 7.29. The molecule has 1 aromatic heterocycles. The molecule has 5 heteroatoms. The molecule has 0 bridgehead atoms. The normalized spacial score (nSPS) is 22.8. The number of aromatic amines is 1. The fourth-order valence-electron chi connectivity index (χ4n) is 3.17. The average Bonchev–Trinajstić information content (AvgIpc) is 2.76. The van der Waals surface area contributed by atoms with Gasteiger partial charge in [-0.2, -0.15) is 0 Å². The molecule has 106 valence electrons. The maximum absolute atomic E-state index is 6.13. The molecular weight excluding hydrogens is 272 g/mol. The predicted octanol–water partition coefficient (Wildman–Crippen LogP) is 1.57. The van der Waals surface area contributed by atoms with Crippen LogP contribution in [0.25, 0.3) is 10.9 Å². The summed E-state index contributed by atoms with van der Waals surface area (Å²) in [6.45, 7) is 4.17. The first-order chi connectivity index (χ1) is 9.81. The summed E-state index contributed by atoms with van der Waals surface area (Å²) >= 11 is 6.13. The van der Waals surface area contributed by atoms with Crippen molar-refractivity contribution >= 4 is 22.5 Å². The molecule has 2 aliphatic heterocycles. The Balaban J connectivity index is 1.64. The van der Waals surface area contributed by atoms with E-state index in [-0.39, 0.29) is 0 Å². The molecule has 0 radical (unpaired) electrons. The molecule has 1 unspecified atom stereocenters. The zero-order chi connectivity index (χ0) is 13.5. The second kappa shape index (κ2) is 5.04. The van der Waals surface area contributed by atoms with E-state index in [1.165, 1.54) is 22.2 Å². The van der Waals surface area contributed by atoms with E-state index < -0.39 is 0 Å². The Morgan fingerprint density at radius 2 is 2.20 bits per heavy atom. The zero-order valence-corrected chi connectivity index (χ0v) is 12.1. The van der Waals surface area contributed by atoms with E-state index >= 15 is 0 Å². The molecule has 0 saturated carbocycles. The quantitative estimate of drug-likeness (QED) is 0.694. The highest BCUT2D eigenvalue weighted by Gasteiger charge is 2.25. The highest BCUT2D eigenvalue weighted by atomic mass is 35.5. The molecule has 0 spiro atoms. The van der Waals surface area contributed by atoms with Gasteiger partial charge in [0.2, 0.25) is 0 Å². The van der Waals surface area contributed by atoms with Gasteiger partial charge in [0.25, 0.3) is 0 Å². The van der Waals surface area contributed by atoms with Crippen molar-refractivity contribution in [2.45, 2.75) is 18.5 Å². The first-order valence-corrected chi connectivity index (χ1v) is 7.66. The number of fused-ring (bicyclic) bond motifs is 3. The topological polar surface area (TPSA) is 51.9 Å². The van der Waals surface area contributed by atoms with Gasteiger partial charge in [0.15, 0.2) is 0 Å². The van der Waals surface area contributed by atoms with Crippen molar-refractivity contribution in [3.8, 4) is 0 Å². The summed E-state index contributed by atoms with van der Waals surface area (Å²) in [6, 6.07) is 7.10. The highest BCUT2D eigenvalue weighted by Crippen LogP contribution is 2.31. The Hall–Kier alpha value is -1.07. The van der Waals surface area contributed by atoms with Crippen molar-refractivity contribution in [1.82, 2.24) is 20.9 Å². The molecule has 4 rings (SSSR count). The number of hydrogen-bond acceptors (Lipinski definition) is 3. The van der Waals surface area contributed by atoms with Gasteiger partial charge < -0.3 is 20.9 Å². The number of rotatable bonds is 3. The third kappa shape index (κ3) is 2.13. The van der Waals surface area contributed by atoms with E-state index in [9.17, 15) is 0 Å². The summed E-state index contributed by atoms with van der Waals surface area (Å²) in [5.41, 5.74) is 3.95. The Morgan fingerprint density at radius 1 is 1.30 bits per heavy atom. The second-order valence-electron chi connectivity index (χ2n) is 5.73. The average molecular weight is 291 g/mol. The van der Waals surface area contributed by atoms with Crippen LogP contribution < -0.4 is 16.0 Å². The summed E-state index contributed by atoms with van der Waals surface area (Å²) in [7, 11) is 0. The fraction of sp³-hybridized carbons (Fsp3) is 0.467. The Bertz CT molecular complexity index is 632. The Labute approximate surface area is 123 Å². The van der Waals surface area contributed by atoms with Crippen LogP contribution in [0.3, 0.4) is 0 Å². The molecule has 4 nitrogen and oxygen atoms in total. The first kappa shape index (κ1) is 12.7. The maximum Gasteiger partial charge on any atom is 0.0602 e. The summed E-state index contributed by atoms with van der Waals surface area (Å²) in [6.07, 6.45) is 1.07. The molecule has 1 saturated heterocycles. The lowest BCUT2D eigenvalue weighted by atomic mass is 9.99. The van der Waals surface area contributed by atoms with Crippen LogP contribution in [0, 0.1) is 0 Å². The number of aromatic nitrogens is 1. The predicted molar refractivity (Wildman–Crippen MR) is 82.4 cm³/mol. The van der Waals surface area contributed by atoms with Crippen LogP contribution in [0.2, 0.25) is 5.02 Å². The molecule has 1 fully saturated rings. The van der Waals surface area contributed by atoms with E-state index in [4.69, 9.17) is 11.6 Å². The standard InChI is InChI=1S/C15H19ClN4/c16-9-1-2-13-12(5-9)11-3-4-18-14(15(11)20-13)8-19-10-6-17-7-10/h1-2,5,10,14,17-20H,3-4,6-8H2. The lowest BCUT2D eigenvalue weighted by molar-refractivity contribution is 0.341. The van der Waals surface area contributed by atoms with Gasteiger partial charge in [0.05, 0.1) is 6.04 Å². The molecule has 3 heterocycles. The van der Waals surface area contributed by atoms with Gasteiger partial charge in [-0.25, -0.2) is 0 Å². The van der Waals surface area contributed by atoms with Crippen molar-refractivity contribution < 1.29 is 0 Å². The molecule has 20 heavy (non-hydrogen) atoms. The van der Waals surface area contributed by atoms with Gasteiger partial charge in [-0.15, -0.1) is 0 Å². The van der Waals surface area contributed by atoms with Gasteiger partial charge in [-0.1, -0.05) is 11.6 Å². The molecule has 2 aliphatic rings. The summed E-state index contributed by atoms with van der Waals surface area (Å²) in [4.78, 5) is 3.58. The number of hydrogen-bond donors (Lipinski definition) is 4. The van der Waals surface area contributed by atoms with Crippen LogP contribution in [-0.4, -0.2) is 37.2 Å². The van der Waals surface area contributed by atoms with Gasteiger partial charge in [-0.05, 0) is 36.7 Å². The fourth-order valence-corrected chi connectivity index (χ4v) is 3.34. The molecule has 1 atom stereocenters. The van der Waals surface area contributed by atoms with Crippen LogP contribution in [0.4, 0.5) is 0 Å². The maximum atomic E-state index is 6.13. The largest absolute Gasteiger partial charge is 0.357 e. The lowest BCUT2D eigenvalue weighted by Gasteiger charge is -2.31. The summed E-state index contributed by atoms with van der Waals surface area (Å²) < 4.78 is 0. The smallest absolute Gasteiger partial charge is 0.0602 e. The van der Waals surface area contributed by atoms with Gasteiger partial charge in [0.1, 0.15) is 0 Å². The highest BCUT2D eigenvalue weighted by molar-refractivity contribution is 6.31. The third-order valence-corrected chi connectivity index (χ3v) is 4.64. The molecule has 2 aromatic rings. The Kier molecular flexibility index (Phi) is 3.19. The molecule has 1 aromatic carbocycles. The van der Waals surface area contributed by atoms with Crippen LogP contribution in [0.1, 0.15) is 17.3 Å². The zero-order valence-electron chi connectivity index (χ0n) is 11.3. The van der Waals surface area contributed by atoms with E-state index in [2.05, 4.69) is 33.1 Å². The van der Waals surface area contributed by atoms with Crippen molar-refractivity contribution in [2.75, 3.05) is 26.2 Å². The van der Waals surface area contributed by atoms with Crippen LogP contribution in [0.5, 0.6) is 0 Å². The lowest BCUT2D eigenvalue weighted by Crippen LogP contribution is -2.56. The van der Waals surface area contributed by atoms with Gasteiger partial charge >= 0.3 is 0 Å². The van der Waals surface area contributed by atoms with Crippen molar-refractivity contribution in [3.63, 3.8) is 0 Å². The van der Waals surface area contributed by atoms with Crippen molar-refractivity contribution in [3.05, 3.63) is 34.5 Å². The molecule has 0 aliphatic carbocycles. The summed E-state index contributed by atoms with van der Waals surface area (Å²) in [5.74, 6) is 0. The van der Waals surface area contributed by atoms with E-state index in [1.807, 2.05) is 6.07 Å². The second-order valence-corrected chi connectivity index (χ2v) is 6.16. The minimum atomic E-state index is 0.366. The van der Waals surface area contributed by atoms with Crippen LogP contribution >= 0.6 is 11.6 Å². The van der Waals surface area contributed by atoms with E-state index in [0.717, 1.165) is 37.6 Å². The van der Waals surface area contributed by atoms with Crippen LogP contribution in [0.15, 0.2) is 18.2 Å². The molecule has 0 amide bonds. The van der Waals surface area contributed by atoms with Gasteiger partial charge in [-0.3, -0.25) is 0 Å². The SMILES string of the molecule is Clc1ccc2[nH]c3c(c2c1)CCNC3CNC1CNC1. The van der Waals surface area contributed by atoms with Crippen LogP contribution in [-0.2, 0) is 6.42 Å². The monoisotopic (exact) mass is 290 g/mol. The minimum Gasteiger partial charge on any atom is -0.357 e. The third-order valence-electron chi connectivity index (χ3n) is 4.41. The number of H-pyrrole nitrogens is 1. The number of nitrogens with one attached hydrogen (secondary N) is 4. The van der Waals surface area contributed by atoms with Crippen molar-refractivity contribution in [1.29, 1.82) is 0 Å². The molecular formula is C15H19ClN4. The molecule has 4 N–H and O–H groups in total. The summed E-state index contributed by atoms with van der Waals surface area (Å²) in [5, 5.41) is 12.6. The number of halogens is 1.